The van der Waals surface area contributed by atoms with E-state index in [1.54, 1.807) is 0 Å². The summed E-state index contributed by atoms with van der Waals surface area (Å²) in [5, 5.41) is 2.91. The van der Waals surface area contributed by atoms with Gasteiger partial charge in [0.05, 0.1) is 6.04 Å². The highest BCUT2D eigenvalue weighted by atomic mass is 16.1. The molecule has 0 spiro atoms. The van der Waals surface area contributed by atoms with Gasteiger partial charge in [0.25, 0.3) is 0 Å². The maximum absolute atomic E-state index is 10.6. The first kappa shape index (κ1) is 6.42. The van der Waals surface area contributed by atoms with Crippen molar-refractivity contribution in [2.24, 2.45) is 0 Å². The van der Waals surface area contributed by atoms with E-state index in [0.717, 1.165) is 6.29 Å². The molecule has 3 nitrogen and oxygen atoms in total. The third-order valence-corrected chi connectivity index (χ3v) is 1.42. The molecule has 0 amide bonds. The van der Waals surface area contributed by atoms with E-state index in [1.807, 2.05) is 0 Å². The third kappa shape index (κ3) is 1.61. The van der Waals surface area contributed by atoms with Crippen molar-refractivity contribution in [2.75, 3.05) is 6.54 Å². The Kier molecular flexibility index (Phi) is 1.95. The van der Waals surface area contributed by atoms with Crippen LogP contribution in [-0.2, 0) is 9.59 Å². The van der Waals surface area contributed by atoms with Crippen molar-refractivity contribution in [2.45, 2.75) is 18.9 Å². The quantitative estimate of drug-likeness (QED) is 0.483. The molecule has 0 aromatic heterocycles. The van der Waals surface area contributed by atoms with Gasteiger partial charge in [-0.05, 0) is 0 Å². The molecule has 1 aliphatic heterocycles. The molecule has 0 bridgehead atoms. The lowest BCUT2D eigenvalue weighted by molar-refractivity contribution is -0.123. The van der Waals surface area contributed by atoms with E-state index in [9.17, 15) is 9.59 Å². The highest BCUT2D eigenvalue weighted by Crippen LogP contribution is 1.99. The molecule has 0 aliphatic carbocycles. The van der Waals surface area contributed by atoms with Crippen LogP contribution in [0.25, 0.3) is 0 Å². The smallest absolute Gasteiger partial charge is 0.137 e. The van der Waals surface area contributed by atoms with Crippen LogP contribution in [-0.4, -0.2) is 24.7 Å². The van der Waals surface area contributed by atoms with E-state index in [1.165, 1.54) is 0 Å². The zero-order valence-corrected chi connectivity index (χ0v) is 5.09. The fraction of sp³-hybridized carbons (Fsp3) is 0.667. The van der Waals surface area contributed by atoms with Crippen molar-refractivity contribution < 1.29 is 9.59 Å². The van der Waals surface area contributed by atoms with Crippen LogP contribution in [0, 0.1) is 0 Å². The van der Waals surface area contributed by atoms with Crippen molar-refractivity contribution in [3.05, 3.63) is 0 Å². The topological polar surface area (TPSA) is 46.2 Å². The minimum absolute atomic E-state index is 0.186. The molecule has 0 aromatic carbocycles. The van der Waals surface area contributed by atoms with Gasteiger partial charge in [0, 0.05) is 19.4 Å². The summed E-state index contributed by atoms with van der Waals surface area (Å²) in [6.07, 6.45) is 1.74. The Bertz CT molecular complexity index is 133. The van der Waals surface area contributed by atoms with Gasteiger partial charge in [0.2, 0.25) is 0 Å². The Labute approximate surface area is 53.4 Å². The minimum atomic E-state index is -0.216. The minimum Gasteiger partial charge on any atom is -0.307 e. The lowest BCUT2D eigenvalue weighted by atomic mass is 10.1. The molecule has 9 heavy (non-hydrogen) atoms. The summed E-state index contributed by atoms with van der Waals surface area (Å²) in [6.45, 7) is 0.655. The summed E-state index contributed by atoms with van der Waals surface area (Å²) in [5.74, 6) is 0.186. The van der Waals surface area contributed by atoms with Crippen LogP contribution in [0.5, 0.6) is 0 Å². The van der Waals surface area contributed by atoms with Crippen molar-refractivity contribution in [1.29, 1.82) is 0 Å². The number of hydrogen-bond acceptors (Lipinski definition) is 3. The molecule has 1 atom stereocenters. The number of ketones is 1. The first-order valence-electron chi connectivity index (χ1n) is 3.03. The van der Waals surface area contributed by atoms with Crippen LogP contribution < -0.4 is 5.32 Å². The molecule has 1 heterocycles. The number of hydrogen-bond donors (Lipinski definition) is 1. The van der Waals surface area contributed by atoms with Crippen LogP contribution in [0.1, 0.15) is 12.8 Å². The zero-order chi connectivity index (χ0) is 6.69. The molecule has 50 valence electrons. The predicted octanol–water partition coefficient (Wildman–Crippen LogP) is -0.494. The molecule has 1 fully saturated rings. The van der Waals surface area contributed by atoms with Gasteiger partial charge < -0.3 is 10.1 Å². The summed E-state index contributed by atoms with van der Waals surface area (Å²) in [6, 6.07) is -0.216. The number of carbonyl (C=O) groups excluding carboxylic acids is 2. The molecule has 1 aliphatic rings. The van der Waals surface area contributed by atoms with Crippen LogP contribution in [0.15, 0.2) is 0 Å². The summed E-state index contributed by atoms with van der Waals surface area (Å²) < 4.78 is 0. The average Bonchev–Trinajstić information content (AvgIpc) is 1.88. The first-order chi connectivity index (χ1) is 4.33. The Balaban J connectivity index is 2.40. The fourth-order valence-corrected chi connectivity index (χ4v) is 0.913. The van der Waals surface area contributed by atoms with Crippen LogP contribution >= 0.6 is 0 Å². The summed E-state index contributed by atoms with van der Waals surface area (Å²) in [7, 11) is 0. The van der Waals surface area contributed by atoms with Crippen molar-refractivity contribution in [1.82, 2.24) is 5.32 Å². The highest BCUT2D eigenvalue weighted by Gasteiger charge is 2.16. The Morgan fingerprint density at radius 3 is 2.89 bits per heavy atom. The van der Waals surface area contributed by atoms with Gasteiger partial charge in [-0.2, -0.15) is 0 Å². The van der Waals surface area contributed by atoms with Crippen molar-refractivity contribution in [3.8, 4) is 0 Å². The lowest BCUT2D eigenvalue weighted by Crippen LogP contribution is -2.39. The Hall–Kier alpha value is -0.700. The second-order valence-corrected chi connectivity index (χ2v) is 2.19. The molecule has 3 heteroatoms. The van der Waals surface area contributed by atoms with Gasteiger partial charge in [0.1, 0.15) is 12.1 Å². The van der Waals surface area contributed by atoms with Crippen molar-refractivity contribution >= 4 is 12.1 Å². The molecule has 1 unspecified atom stereocenters. The molecular weight excluding hydrogens is 118 g/mol. The normalized spacial score (nSPS) is 28.0. The monoisotopic (exact) mass is 127 g/mol. The van der Waals surface area contributed by atoms with E-state index in [4.69, 9.17) is 0 Å². The molecule has 0 saturated carbocycles. The zero-order valence-electron chi connectivity index (χ0n) is 5.09. The lowest BCUT2D eigenvalue weighted by Gasteiger charge is -2.16. The average molecular weight is 127 g/mol. The summed E-state index contributed by atoms with van der Waals surface area (Å²) in [4.78, 5) is 20.7. The van der Waals surface area contributed by atoms with Gasteiger partial charge in [-0.3, -0.25) is 4.79 Å². The molecule has 1 rings (SSSR count). The van der Waals surface area contributed by atoms with Gasteiger partial charge in [-0.25, -0.2) is 0 Å². The predicted molar refractivity (Wildman–Crippen MR) is 32.1 cm³/mol. The number of Topliss-reactive ketones (excluding diaryl/α,β-unsaturated/α-hetero) is 1. The van der Waals surface area contributed by atoms with Gasteiger partial charge in [-0.15, -0.1) is 0 Å². The van der Waals surface area contributed by atoms with Crippen LogP contribution in [0.2, 0.25) is 0 Å². The van der Waals surface area contributed by atoms with Gasteiger partial charge >= 0.3 is 0 Å². The second kappa shape index (κ2) is 2.73. The second-order valence-electron chi connectivity index (χ2n) is 2.19. The van der Waals surface area contributed by atoms with Gasteiger partial charge in [-0.1, -0.05) is 0 Å². The number of piperidine rings is 1. The molecule has 0 radical (unpaired) electrons. The molecular formula is C6H9NO2. The molecule has 1 N–H and O–H groups in total. The maximum Gasteiger partial charge on any atom is 0.137 e. The first-order valence-corrected chi connectivity index (χ1v) is 3.03. The Morgan fingerprint density at radius 2 is 2.44 bits per heavy atom. The fourth-order valence-electron chi connectivity index (χ4n) is 0.913. The summed E-state index contributed by atoms with van der Waals surface area (Å²) in [5.41, 5.74) is 0. The van der Waals surface area contributed by atoms with Crippen molar-refractivity contribution in [3.63, 3.8) is 0 Å². The maximum atomic E-state index is 10.6. The van der Waals surface area contributed by atoms with E-state index in [2.05, 4.69) is 5.32 Å². The Morgan fingerprint density at radius 1 is 1.67 bits per heavy atom. The number of nitrogens with one attached hydrogen (secondary N) is 1. The van der Waals surface area contributed by atoms with Crippen LogP contribution in [0.3, 0.4) is 0 Å². The molecule has 0 aromatic rings. The third-order valence-electron chi connectivity index (χ3n) is 1.42. The number of rotatable bonds is 1. The summed E-state index contributed by atoms with van der Waals surface area (Å²) >= 11 is 0. The van der Waals surface area contributed by atoms with Gasteiger partial charge in [0.15, 0.2) is 0 Å². The number of carbonyl (C=O) groups is 2. The standard InChI is InChI=1S/C6H9NO2/c8-4-5-3-6(9)1-2-7-5/h4-5,7H,1-3H2. The van der Waals surface area contributed by atoms with E-state index in [0.29, 0.717) is 19.4 Å². The SMILES string of the molecule is O=CC1CC(=O)CCN1. The van der Waals surface area contributed by atoms with E-state index < -0.39 is 0 Å². The molecule has 1 saturated heterocycles. The largest absolute Gasteiger partial charge is 0.307 e. The van der Waals surface area contributed by atoms with Crippen LogP contribution in [0.4, 0.5) is 0 Å². The highest BCUT2D eigenvalue weighted by molar-refractivity contribution is 5.83. The van der Waals surface area contributed by atoms with E-state index in [-0.39, 0.29) is 11.8 Å². The van der Waals surface area contributed by atoms with E-state index >= 15 is 0 Å². The number of aldehydes is 1.